The first-order valence-electron chi connectivity index (χ1n) is 7.61. The van der Waals surface area contributed by atoms with Crippen LogP contribution in [0.4, 0.5) is 0 Å². The molecule has 2 aliphatic heterocycles. The van der Waals surface area contributed by atoms with Gasteiger partial charge in [0.25, 0.3) is 0 Å². The lowest BCUT2D eigenvalue weighted by Crippen LogP contribution is -2.49. The molecule has 3 rings (SSSR count). The monoisotopic (exact) mass is 278 g/mol. The van der Waals surface area contributed by atoms with Crippen molar-refractivity contribution >= 4 is 0 Å². The third-order valence-corrected chi connectivity index (χ3v) is 4.54. The Morgan fingerprint density at radius 2 is 2.20 bits per heavy atom. The van der Waals surface area contributed by atoms with Gasteiger partial charge in [-0.2, -0.15) is 5.10 Å². The van der Waals surface area contributed by atoms with E-state index in [0.717, 1.165) is 39.4 Å². The number of aryl methyl sites for hydroxylation is 1. The smallest absolute Gasteiger partial charge is 0.0593 e. The number of aromatic nitrogens is 2. The molecule has 5 heteroatoms. The molecule has 3 heterocycles. The molecule has 0 N–H and O–H groups in total. The summed E-state index contributed by atoms with van der Waals surface area (Å²) in [4.78, 5) is 5.00. The minimum absolute atomic E-state index is 0.325. The lowest BCUT2D eigenvalue weighted by Gasteiger charge is -2.43. The Balaban J connectivity index is 1.66. The van der Waals surface area contributed by atoms with Gasteiger partial charge in [0.2, 0.25) is 0 Å². The van der Waals surface area contributed by atoms with Gasteiger partial charge in [0.1, 0.15) is 0 Å². The molecule has 0 aromatic carbocycles. The van der Waals surface area contributed by atoms with E-state index < -0.39 is 0 Å². The molecule has 2 saturated heterocycles. The van der Waals surface area contributed by atoms with Gasteiger partial charge >= 0.3 is 0 Å². The van der Waals surface area contributed by atoms with Crippen LogP contribution in [0, 0.1) is 5.41 Å². The molecule has 1 atom stereocenters. The van der Waals surface area contributed by atoms with Crippen molar-refractivity contribution in [2.45, 2.75) is 19.4 Å². The van der Waals surface area contributed by atoms with E-state index in [-0.39, 0.29) is 0 Å². The van der Waals surface area contributed by atoms with Crippen LogP contribution in [0.15, 0.2) is 12.4 Å². The molecule has 0 bridgehead atoms. The predicted octanol–water partition coefficient (Wildman–Crippen LogP) is 0.964. The quantitative estimate of drug-likeness (QED) is 0.807. The highest BCUT2D eigenvalue weighted by molar-refractivity contribution is 5.04. The first-order valence-corrected chi connectivity index (χ1v) is 7.61. The minimum Gasteiger partial charge on any atom is -0.379 e. The van der Waals surface area contributed by atoms with Crippen molar-refractivity contribution in [1.29, 1.82) is 0 Å². The largest absolute Gasteiger partial charge is 0.379 e. The highest BCUT2D eigenvalue weighted by Crippen LogP contribution is 2.33. The first-order chi connectivity index (χ1) is 9.65. The third kappa shape index (κ3) is 3.22. The van der Waals surface area contributed by atoms with Gasteiger partial charge in [0.15, 0.2) is 0 Å². The number of hydrogen-bond donors (Lipinski definition) is 0. The Labute approximate surface area is 121 Å². The number of rotatable bonds is 2. The summed E-state index contributed by atoms with van der Waals surface area (Å²) < 4.78 is 7.76. The van der Waals surface area contributed by atoms with Crippen molar-refractivity contribution in [2.24, 2.45) is 12.5 Å². The fraction of sp³-hybridized carbons (Fsp3) is 0.800. The van der Waals surface area contributed by atoms with Gasteiger partial charge < -0.3 is 9.64 Å². The molecule has 20 heavy (non-hydrogen) atoms. The van der Waals surface area contributed by atoms with Crippen LogP contribution in [-0.4, -0.2) is 66.0 Å². The number of piperidine rings is 1. The van der Waals surface area contributed by atoms with Gasteiger partial charge in [0.05, 0.1) is 19.4 Å². The molecule has 0 saturated carbocycles. The van der Waals surface area contributed by atoms with E-state index in [1.807, 2.05) is 17.9 Å². The van der Waals surface area contributed by atoms with E-state index in [2.05, 4.69) is 28.1 Å². The van der Waals surface area contributed by atoms with E-state index in [9.17, 15) is 0 Å². The topological polar surface area (TPSA) is 33.5 Å². The molecule has 1 aromatic heterocycles. The zero-order chi connectivity index (χ0) is 14.0. The van der Waals surface area contributed by atoms with E-state index >= 15 is 0 Å². The Hall–Kier alpha value is -0.910. The molecular weight excluding hydrogens is 252 g/mol. The number of likely N-dealkylation sites (tertiary alicyclic amines) is 1. The van der Waals surface area contributed by atoms with E-state index in [4.69, 9.17) is 4.74 Å². The second-order valence-electron chi connectivity index (χ2n) is 6.63. The zero-order valence-corrected chi connectivity index (χ0v) is 12.7. The molecule has 0 aliphatic carbocycles. The molecule has 0 amide bonds. The van der Waals surface area contributed by atoms with Crippen molar-refractivity contribution in [3.8, 4) is 0 Å². The van der Waals surface area contributed by atoms with Crippen LogP contribution in [0.1, 0.15) is 18.4 Å². The summed E-state index contributed by atoms with van der Waals surface area (Å²) in [5.41, 5.74) is 1.64. The molecule has 1 spiro atoms. The van der Waals surface area contributed by atoms with E-state index in [0.29, 0.717) is 5.41 Å². The molecule has 5 nitrogen and oxygen atoms in total. The van der Waals surface area contributed by atoms with Crippen molar-refractivity contribution < 1.29 is 4.74 Å². The van der Waals surface area contributed by atoms with Gasteiger partial charge in [-0.1, -0.05) is 0 Å². The van der Waals surface area contributed by atoms with Crippen LogP contribution in [0.3, 0.4) is 0 Å². The van der Waals surface area contributed by atoms with Crippen LogP contribution >= 0.6 is 0 Å². The maximum absolute atomic E-state index is 5.88. The lowest BCUT2D eigenvalue weighted by atomic mass is 9.80. The van der Waals surface area contributed by atoms with Gasteiger partial charge in [-0.3, -0.25) is 9.58 Å². The zero-order valence-electron chi connectivity index (χ0n) is 12.7. The molecule has 2 aliphatic rings. The van der Waals surface area contributed by atoms with Crippen molar-refractivity contribution in [3.05, 3.63) is 18.0 Å². The summed E-state index contributed by atoms with van der Waals surface area (Å²) in [5.74, 6) is 0. The number of ether oxygens (including phenoxy) is 1. The normalized spacial score (nSPS) is 29.7. The second-order valence-corrected chi connectivity index (χ2v) is 6.63. The molecule has 0 unspecified atom stereocenters. The maximum Gasteiger partial charge on any atom is 0.0593 e. The first kappa shape index (κ1) is 14.0. The third-order valence-electron chi connectivity index (χ3n) is 4.54. The summed E-state index contributed by atoms with van der Waals surface area (Å²) in [7, 11) is 4.20. The molecule has 2 fully saturated rings. The molecule has 112 valence electrons. The van der Waals surface area contributed by atoms with Crippen LogP contribution in [0.25, 0.3) is 0 Å². The molecule has 0 radical (unpaired) electrons. The highest BCUT2D eigenvalue weighted by atomic mass is 16.5. The summed E-state index contributed by atoms with van der Waals surface area (Å²) in [6.45, 7) is 7.37. The van der Waals surface area contributed by atoms with Gasteiger partial charge in [0, 0.05) is 50.4 Å². The second kappa shape index (κ2) is 5.84. The lowest BCUT2D eigenvalue weighted by molar-refractivity contribution is 0.00449. The SMILES string of the molecule is CN1CCOC[C@@]2(CCCN(Cc3cnn(C)c3)C2)C1. The van der Waals surface area contributed by atoms with Crippen molar-refractivity contribution in [2.75, 3.05) is 46.4 Å². The molecule has 1 aromatic rings. The van der Waals surface area contributed by atoms with Crippen molar-refractivity contribution in [3.63, 3.8) is 0 Å². The number of hydrogen-bond acceptors (Lipinski definition) is 4. The van der Waals surface area contributed by atoms with Crippen molar-refractivity contribution in [1.82, 2.24) is 19.6 Å². The Morgan fingerprint density at radius 3 is 3.00 bits per heavy atom. The summed E-state index contributed by atoms with van der Waals surface area (Å²) in [6.07, 6.45) is 6.67. The average Bonchev–Trinajstić information content (AvgIpc) is 2.72. The van der Waals surface area contributed by atoms with Gasteiger partial charge in [-0.05, 0) is 26.4 Å². The van der Waals surface area contributed by atoms with Gasteiger partial charge in [-0.15, -0.1) is 0 Å². The highest BCUT2D eigenvalue weighted by Gasteiger charge is 2.38. The Kier molecular flexibility index (Phi) is 4.10. The standard InChI is InChI=1S/C15H26N4O/c1-17-6-7-20-13-15(11-17)4-3-5-19(12-15)10-14-8-16-18(2)9-14/h8-9H,3-7,10-13H2,1-2H3/t15-/m0/s1. The summed E-state index contributed by atoms with van der Waals surface area (Å²) >= 11 is 0. The summed E-state index contributed by atoms with van der Waals surface area (Å²) in [6, 6.07) is 0. The van der Waals surface area contributed by atoms with Gasteiger partial charge in [-0.25, -0.2) is 0 Å². The van der Waals surface area contributed by atoms with Crippen LogP contribution < -0.4 is 0 Å². The van der Waals surface area contributed by atoms with Crippen LogP contribution in [0.5, 0.6) is 0 Å². The molecular formula is C15H26N4O. The fourth-order valence-corrected chi connectivity index (χ4v) is 3.71. The number of likely N-dealkylation sites (N-methyl/N-ethyl adjacent to an activating group) is 1. The number of nitrogens with zero attached hydrogens (tertiary/aromatic N) is 4. The maximum atomic E-state index is 5.88. The Morgan fingerprint density at radius 1 is 1.30 bits per heavy atom. The van der Waals surface area contributed by atoms with Crippen LogP contribution in [-0.2, 0) is 18.3 Å². The predicted molar refractivity (Wildman–Crippen MR) is 78.5 cm³/mol. The average molecular weight is 278 g/mol. The summed E-state index contributed by atoms with van der Waals surface area (Å²) in [5, 5.41) is 4.27. The van der Waals surface area contributed by atoms with E-state index in [1.165, 1.54) is 24.9 Å². The van der Waals surface area contributed by atoms with E-state index in [1.54, 1.807) is 0 Å². The Bertz CT molecular complexity index is 447. The van der Waals surface area contributed by atoms with Crippen LogP contribution in [0.2, 0.25) is 0 Å². The fourth-order valence-electron chi connectivity index (χ4n) is 3.71. The minimum atomic E-state index is 0.325.